The monoisotopic (exact) mass is 415 g/mol. The van der Waals surface area contributed by atoms with E-state index in [1.165, 1.54) is 6.08 Å². The maximum atomic E-state index is 12.7. The standard InChI is InChI=1S/C24H18ClN3O2/c1-15(27-28-19-12-8-17(25)9-13-19)16-6-10-18(11-7-16)26-22-14-23(29)20-4-2-3-5-21(20)24(22)30/h2-14,26,28H,1H3/b27-15+. The molecule has 30 heavy (non-hydrogen) atoms. The number of nitrogens with one attached hydrogen (secondary N) is 2. The van der Waals surface area contributed by atoms with E-state index in [9.17, 15) is 9.59 Å². The van der Waals surface area contributed by atoms with E-state index in [1.807, 2.05) is 43.3 Å². The predicted octanol–water partition coefficient (Wildman–Crippen LogP) is 5.55. The second kappa shape index (κ2) is 8.35. The Hall–Kier alpha value is -3.70. The van der Waals surface area contributed by atoms with E-state index in [0.29, 0.717) is 21.8 Å². The van der Waals surface area contributed by atoms with Gasteiger partial charge in [0.15, 0.2) is 5.78 Å². The van der Waals surface area contributed by atoms with Crippen molar-refractivity contribution in [2.45, 2.75) is 6.92 Å². The summed E-state index contributed by atoms with van der Waals surface area (Å²) < 4.78 is 0. The van der Waals surface area contributed by atoms with Crippen molar-refractivity contribution in [3.8, 4) is 0 Å². The Morgan fingerprint density at radius 3 is 2.17 bits per heavy atom. The zero-order valence-electron chi connectivity index (χ0n) is 16.1. The van der Waals surface area contributed by atoms with Gasteiger partial charge in [-0.05, 0) is 48.9 Å². The minimum atomic E-state index is -0.195. The Labute approximate surface area is 179 Å². The van der Waals surface area contributed by atoms with Crippen LogP contribution in [0, 0.1) is 0 Å². The molecule has 0 fully saturated rings. The first-order valence-electron chi connectivity index (χ1n) is 9.34. The molecule has 0 spiro atoms. The predicted molar refractivity (Wildman–Crippen MR) is 121 cm³/mol. The highest BCUT2D eigenvalue weighted by Gasteiger charge is 2.25. The lowest BCUT2D eigenvalue weighted by molar-refractivity contribution is 0.0985. The van der Waals surface area contributed by atoms with Crippen LogP contribution in [0.1, 0.15) is 33.2 Å². The van der Waals surface area contributed by atoms with Crippen LogP contribution in [0.4, 0.5) is 11.4 Å². The van der Waals surface area contributed by atoms with Gasteiger partial charge in [0.25, 0.3) is 0 Å². The lowest BCUT2D eigenvalue weighted by Crippen LogP contribution is -2.21. The second-order valence-corrected chi connectivity index (χ2v) is 7.25. The number of carbonyl (C=O) groups is 2. The normalized spacial score (nSPS) is 13.5. The average molecular weight is 416 g/mol. The third-order valence-corrected chi connectivity index (χ3v) is 4.99. The smallest absolute Gasteiger partial charge is 0.210 e. The lowest BCUT2D eigenvalue weighted by atomic mass is 9.92. The maximum absolute atomic E-state index is 12.7. The highest BCUT2D eigenvalue weighted by Crippen LogP contribution is 2.23. The van der Waals surface area contributed by atoms with Gasteiger partial charge in [-0.3, -0.25) is 15.0 Å². The summed E-state index contributed by atoms with van der Waals surface area (Å²) in [7, 11) is 0. The minimum Gasteiger partial charge on any atom is -0.352 e. The Morgan fingerprint density at radius 1 is 0.833 bits per heavy atom. The third kappa shape index (κ3) is 4.16. The van der Waals surface area contributed by atoms with Crippen molar-refractivity contribution in [2.75, 3.05) is 10.7 Å². The van der Waals surface area contributed by atoms with E-state index in [2.05, 4.69) is 15.8 Å². The van der Waals surface area contributed by atoms with Gasteiger partial charge in [-0.15, -0.1) is 0 Å². The van der Waals surface area contributed by atoms with Crippen LogP contribution < -0.4 is 10.7 Å². The molecule has 5 nitrogen and oxygen atoms in total. The van der Waals surface area contributed by atoms with Crippen LogP contribution in [0.5, 0.6) is 0 Å². The number of benzene rings is 3. The molecule has 0 aliphatic heterocycles. The second-order valence-electron chi connectivity index (χ2n) is 6.82. The van der Waals surface area contributed by atoms with Crippen molar-refractivity contribution in [3.05, 3.63) is 106 Å². The fourth-order valence-corrected chi connectivity index (χ4v) is 3.22. The number of hydrogen-bond acceptors (Lipinski definition) is 5. The van der Waals surface area contributed by atoms with Gasteiger partial charge in [0.1, 0.15) is 0 Å². The average Bonchev–Trinajstić information content (AvgIpc) is 2.77. The molecular formula is C24H18ClN3O2. The first-order chi connectivity index (χ1) is 14.5. The van der Waals surface area contributed by atoms with Crippen molar-refractivity contribution in [1.82, 2.24) is 0 Å². The first-order valence-corrected chi connectivity index (χ1v) is 9.72. The Balaban J connectivity index is 1.46. The summed E-state index contributed by atoms with van der Waals surface area (Å²) in [6, 6.07) is 21.6. The van der Waals surface area contributed by atoms with Crippen molar-refractivity contribution >= 4 is 40.3 Å². The largest absolute Gasteiger partial charge is 0.352 e. The molecule has 0 radical (unpaired) electrons. The highest BCUT2D eigenvalue weighted by molar-refractivity contribution is 6.30. The number of halogens is 1. The number of hydrogen-bond donors (Lipinski definition) is 2. The molecule has 0 aromatic heterocycles. The molecule has 0 saturated heterocycles. The molecule has 0 atom stereocenters. The van der Waals surface area contributed by atoms with Crippen LogP contribution in [0.2, 0.25) is 5.02 Å². The van der Waals surface area contributed by atoms with Crippen molar-refractivity contribution < 1.29 is 9.59 Å². The van der Waals surface area contributed by atoms with Crippen molar-refractivity contribution in [1.29, 1.82) is 0 Å². The van der Waals surface area contributed by atoms with Gasteiger partial charge >= 0.3 is 0 Å². The molecule has 1 aliphatic carbocycles. The van der Waals surface area contributed by atoms with Crippen LogP contribution in [-0.2, 0) is 0 Å². The van der Waals surface area contributed by atoms with Crippen LogP contribution in [0.25, 0.3) is 0 Å². The molecule has 4 rings (SSSR count). The van der Waals surface area contributed by atoms with Gasteiger partial charge in [-0.1, -0.05) is 48.0 Å². The quantitative estimate of drug-likeness (QED) is 0.423. The van der Waals surface area contributed by atoms with Crippen LogP contribution in [-0.4, -0.2) is 17.3 Å². The van der Waals surface area contributed by atoms with Crippen LogP contribution in [0.3, 0.4) is 0 Å². The number of ketones is 2. The van der Waals surface area contributed by atoms with Gasteiger partial charge in [-0.25, -0.2) is 0 Å². The van der Waals surface area contributed by atoms with Crippen LogP contribution >= 0.6 is 11.6 Å². The molecule has 2 N–H and O–H groups in total. The fourth-order valence-electron chi connectivity index (χ4n) is 3.10. The Kier molecular flexibility index (Phi) is 5.46. The number of Topliss-reactive ketones (excluding diaryl/α,β-unsaturated/α-hetero) is 1. The van der Waals surface area contributed by atoms with E-state index in [0.717, 1.165) is 17.0 Å². The minimum absolute atomic E-state index is 0.180. The van der Waals surface area contributed by atoms with E-state index < -0.39 is 0 Å². The molecule has 3 aromatic rings. The molecule has 0 heterocycles. The molecule has 1 aliphatic rings. The van der Waals surface area contributed by atoms with Crippen molar-refractivity contribution in [3.63, 3.8) is 0 Å². The van der Waals surface area contributed by atoms with Gasteiger partial charge in [0.05, 0.1) is 17.1 Å². The molecule has 3 aromatic carbocycles. The zero-order valence-corrected chi connectivity index (χ0v) is 16.9. The van der Waals surface area contributed by atoms with E-state index >= 15 is 0 Å². The molecule has 0 bridgehead atoms. The fraction of sp³-hybridized carbons (Fsp3) is 0.0417. The zero-order chi connectivity index (χ0) is 21.1. The van der Waals surface area contributed by atoms with Gasteiger partial charge < -0.3 is 5.32 Å². The number of anilines is 2. The van der Waals surface area contributed by atoms with E-state index in [1.54, 1.807) is 36.4 Å². The van der Waals surface area contributed by atoms with Gasteiger partial charge in [-0.2, -0.15) is 5.10 Å². The summed E-state index contributed by atoms with van der Waals surface area (Å²) in [5.41, 5.74) is 7.38. The molecule has 148 valence electrons. The topological polar surface area (TPSA) is 70.6 Å². The molecule has 0 unspecified atom stereocenters. The first kappa shape index (κ1) is 19.6. The number of carbonyl (C=O) groups excluding carboxylic acids is 2. The molecule has 0 saturated carbocycles. The highest BCUT2D eigenvalue weighted by atomic mass is 35.5. The molecule has 0 amide bonds. The summed E-state index contributed by atoms with van der Waals surface area (Å²) in [5, 5.41) is 8.10. The van der Waals surface area contributed by atoms with E-state index in [-0.39, 0.29) is 17.3 Å². The maximum Gasteiger partial charge on any atom is 0.210 e. The summed E-state index contributed by atoms with van der Waals surface area (Å²) in [4.78, 5) is 24.9. The number of rotatable bonds is 5. The lowest BCUT2D eigenvalue weighted by Gasteiger charge is -2.16. The summed E-state index contributed by atoms with van der Waals surface area (Å²) >= 11 is 5.88. The SMILES string of the molecule is C/C(=N\Nc1ccc(Cl)cc1)c1ccc(NC2=CC(=O)c3ccccc3C2=O)cc1. The molecule has 6 heteroatoms. The summed E-state index contributed by atoms with van der Waals surface area (Å²) in [5.74, 6) is -0.375. The number of hydrazone groups is 1. The number of nitrogens with zero attached hydrogens (tertiary/aromatic N) is 1. The summed E-state index contributed by atoms with van der Waals surface area (Å²) in [6.45, 7) is 1.90. The third-order valence-electron chi connectivity index (χ3n) is 4.74. The number of allylic oxidation sites excluding steroid dienone is 2. The summed E-state index contributed by atoms with van der Waals surface area (Å²) in [6.07, 6.45) is 1.35. The van der Waals surface area contributed by atoms with Gasteiger partial charge in [0, 0.05) is 27.9 Å². The Morgan fingerprint density at radius 2 is 1.47 bits per heavy atom. The molecular weight excluding hydrogens is 398 g/mol. The van der Waals surface area contributed by atoms with Crippen LogP contribution in [0.15, 0.2) is 89.7 Å². The van der Waals surface area contributed by atoms with Crippen molar-refractivity contribution in [2.24, 2.45) is 5.10 Å². The Bertz CT molecular complexity index is 1180. The van der Waals surface area contributed by atoms with Gasteiger partial charge in [0.2, 0.25) is 5.78 Å². The number of fused-ring (bicyclic) bond motifs is 1. The van der Waals surface area contributed by atoms with E-state index in [4.69, 9.17) is 11.6 Å².